The van der Waals surface area contributed by atoms with Crippen molar-refractivity contribution < 1.29 is 13.6 Å². The molecule has 2 N–H and O–H groups in total. The van der Waals surface area contributed by atoms with Gasteiger partial charge in [-0.2, -0.15) is 0 Å². The van der Waals surface area contributed by atoms with Crippen molar-refractivity contribution in [3.05, 3.63) is 46.5 Å². The van der Waals surface area contributed by atoms with Crippen LogP contribution in [0.2, 0.25) is 0 Å². The van der Waals surface area contributed by atoms with Gasteiger partial charge in [0.25, 0.3) is 0 Å². The van der Waals surface area contributed by atoms with E-state index in [0.717, 1.165) is 42.9 Å². The van der Waals surface area contributed by atoms with E-state index < -0.39 is 17.5 Å². The quantitative estimate of drug-likeness (QED) is 0.901. The number of hydrogen-bond donors (Lipinski definition) is 2. The second kappa shape index (κ2) is 7.14. The van der Waals surface area contributed by atoms with Crippen LogP contribution >= 0.6 is 11.3 Å². The summed E-state index contributed by atoms with van der Waals surface area (Å²) in [6.45, 7) is 1.97. The Bertz CT molecular complexity index is 678. The lowest BCUT2D eigenvalue weighted by Crippen LogP contribution is -2.26. The summed E-state index contributed by atoms with van der Waals surface area (Å²) in [6.07, 6.45) is 3.53. The van der Waals surface area contributed by atoms with E-state index in [9.17, 15) is 13.6 Å². The van der Waals surface area contributed by atoms with Gasteiger partial charge in [-0.1, -0.05) is 6.07 Å². The standard InChI is InChI=1S/C16H17F2N3OS/c17-12-2-1-3-13(18)11(12)8-15(22)21-16-20-9-14(23-16)10-4-6-19-7-5-10/h1-3,9-10,19H,4-8H2,(H,20,21,22). The summed E-state index contributed by atoms with van der Waals surface area (Å²) < 4.78 is 27.1. The van der Waals surface area contributed by atoms with Crippen molar-refractivity contribution in [2.75, 3.05) is 18.4 Å². The number of thiazole rings is 1. The smallest absolute Gasteiger partial charge is 0.230 e. The fraction of sp³-hybridized carbons (Fsp3) is 0.375. The Balaban J connectivity index is 1.63. The van der Waals surface area contributed by atoms with Gasteiger partial charge >= 0.3 is 0 Å². The van der Waals surface area contributed by atoms with E-state index in [-0.39, 0.29) is 12.0 Å². The topological polar surface area (TPSA) is 54.0 Å². The van der Waals surface area contributed by atoms with Crippen LogP contribution < -0.4 is 10.6 Å². The zero-order chi connectivity index (χ0) is 16.2. The number of halogens is 2. The monoisotopic (exact) mass is 337 g/mol. The number of rotatable bonds is 4. The lowest BCUT2D eigenvalue weighted by molar-refractivity contribution is -0.115. The van der Waals surface area contributed by atoms with Crippen LogP contribution in [0.4, 0.5) is 13.9 Å². The minimum atomic E-state index is -0.713. The third-order valence-corrected chi connectivity index (χ3v) is 4.99. The molecule has 0 bridgehead atoms. The highest BCUT2D eigenvalue weighted by molar-refractivity contribution is 7.15. The predicted molar refractivity (Wildman–Crippen MR) is 85.7 cm³/mol. The zero-order valence-corrected chi connectivity index (χ0v) is 13.3. The summed E-state index contributed by atoms with van der Waals surface area (Å²) in [5.74, 6) is -1.44. The van der Waals surface area contributed by atoms with Gasteiger partial charge in [0.05, 0.1) is 6.42 Å². The molecule has 0 saturated carbocycles. The molecule has 1 aromatic carbocycles. The normalized spacial score (nSPS) is 15.6. The summed E-state index contributed by atoms with van der Waals surface area (Å²) in [6, 6.07) is 3.56. The molecule has 0 radical (unpaired) electrons. The van der Waals surface area contributed by atoms with Gasteiger partial charge in [-0.25, -0.2) is 13.8 Å². The van der Waals surface area contributed by atoms with E-state index in [1.54, 1.807) is 6.20 Å². The number of amides is 1. The molecule has 2 aromatic rings. The molecule has 1 aliphatic rings. The second-order valence-corrected chi connectivity index (χ2v) is 6.58. The van der Waals surface area contributed by atoms with E-state index >= 15 is 0 Å². The Morgan fingerprint density at radius 3 is 2.70 bits per heavy atom. The first-order valence-corrected chi connectivity index (χ1v) is 8.34. The van der Waals surface area contributed by atoms with Gasteiger partial charge in [0.1, 0.15) is 11.6 Å². The van der Waals surface area contributed by atoms with Crippen LogP contribution in [0.1, 0.15) is 29.2 Å². The number of piperidine rings is 1. The summed E-state index contributed by atoms with van der Waals surface area (Å²) in [7, 11) is 0. The van der Waals surface area contributed by atoms with E-state index in [4.69, 9.17) is 0 Å². The first-order chi connectivity index (χ1) is 11.1. The van der Waals surface area contributed by atoms with Crippen molar-refractivity contribution in [2.24, 2.45) is 0 Å². The van der Waals surface area contributed by atoms with Gasteiger partial charge in [0, 0.05) is 16.6 Å². The SMILES string of the molecule is O=C(Cc1c(F)cccc1F)Nc1ncc(C2CCNCC2)s1. The van der Waals surface area contributed by atoms with Gasteiger partial charge in [-0.3, -0.25) is 4.79 Å². The molecule has 23 heavy (non-hydrogen) atoms. The average molecular weight is 337 g/mol. The van der Waals surface area contributed by atoms with Crippen LogP contribution in [0, 0.1) is 11.6 Å². The highest BCUT2D eigenvalue weighted by Crippen LogP contribution is 2.31. The fourth-order valence-corrected chi connectivity index (χ4v) is 3.67. The molecule has 0 unspecified atom stereocenters. The first kappa shape index (κ1) is 16.0. The molecule has 0 atom stereocenters. The highest BCUT2D eigenvalue weighted by Gasteiger charge is 2.19. The molecule has 122 valence electrons. The minimum absolute atomic E-state index is 0.222. The molecule has 1 amide bonds. The van der Waals surface area contributed by atoms with Crippen LogP contribution in [0.25, 0.3) is 0 Å². The number of carbonyl (C=O) groups excluding carboxylic acids is 1. The predicted octanol–water partition coefficient (Wildman–Crippen LogP) is 3.07. The van der Waals surface area contributed by atoms with Gasteiger partial charge < -0.3 is 10.6 Å². The van der Waals surface area contributed by atoms with Gasteiger partial charge in [0.15, 0.2) is 5.13 Å². The average Bonchev–Trinajstić information content (AvgIpc) is 3.00. The molecule has 1 aromatic heterocycles. The van der Waals surface area contributed by atoms with Gasteiger partial charge in [-0.05, 0) is 44.0 Å². The van der Waals surface area contributed by atoms with Crippen molar-refractivity contribution >= 4 is 22.4 Å². The number of benzene rings is 1. The molecule has 2 heterocycles. The molecular weight excluding hydrogens is 320 g/mol. The number of nitrogens with one attached hydrogen (secondary N) is 2. The molecule has 3 rings (SSSR count). The van der Waals surface area contributed by atoms with Crippen molar-refractivity contribution in [3.8, 4) is 0 Å². The fourth-order valence-electron chi connectivity index (χ4n) is 2.66. The van der Waals surface area contributed by atoms with Crippen LogP contribution in [-0.4, -0.2) is 24.0 Å². The van der Waals surface area contributed by atoms with Crippen molar-refractivity contribution in [2.45, 2.75) is 25.2 Å². The molecule has 1 aliphatic heterocycles. The van der Waals surface area contributed by atoms with Gasteiger partial charge in [0.2, 0.25) is 5.91 Å². The number of carbonyl (C=O) groups is 1. The maximum absolute atomic E-state index is 13.6. The zero-order valence-electron chi connectivity index (χ0n) is 12.4. The Hall–Kier alpha value is -1.86. The molecule has 4 nitrogen and oxygen atoms in total. The summed E-state index contributed by atoms with van der Waals surface area (Å²) in [4.78, 5) is 17.3. The Morgan fingerprint density at radius 1 is 1.30 bits per heavy atom. The summed E-state index contributed by atoms with van der Waals surface area (Å²) >= 11 is 1.43. The molecule has 1 saturated heterocycles. The molecule has 7 heteroatoms. The van der Waals surface area contributed by atoms with Crippen LogP contribution in [-0.2, 0) is 11.2 Å². The maximum atomic E-state index is 13.6. The maximum Gasteiger partial charge on any atom is 0.230 e. The number of nitrogens with zero attached hydrogens (tertiary/aromatic N) is 1. The van der Waals surface area contributed by atoms with Crippen LogP contribution in [0.3, 0.4) is 0 Å². The second-order valence-electron chi connectivity index (χ2n) is 5.52. The molecule has 0 spiro atoms. The first-order valence-electron chi connectivity index (χ1n) is 7.52. The Kier molecular flexibility index (Phi) is 4.97. The number of hydrogen-bond acceptors (Lipinski definition) is 4. The molecular formula is C16H17F2N3OS. The molecule has 0 aliphatic carbocycles. The number of anilines is 1. The molecule has 1 fully saturated rings. The van der Waals surface area contributed by atoms with Crippen molar-refractivity contribution in [1.82, 2.24) is 10.3 Å². The van der Waals surface area contributed by atoms with E-state index in [1.165, 1.54) is 17.4 Å². The lowest BCUT2D eigenvalue weighted by atomic mass is 9.97. The number of aromatic nitrogens is 1. The van der Waals surface area contributed by atoms with E-state index in [2.05, 4.69) is 15.6 Å². The minimum Gasteiger partial charge on any atom is -0.317 e. The van der Waals surface area contributed by atoms with Crippen LogP contribution in [0.15, 0.2) is 24.4 Å². The van der Waals surface area contributed by atoms with Gasteiger partial charge in [-0.15, -0.1) is 11.3 Å². The van der Waals surface area contributed by atoms with Crippen molar-refractivity contribution in [1.29, 1.82) is 0 Å². The lowest BCUT2D eigenvalue weighted by Gasteiger charge is -2.20. The van der Waals surface area contributed by atoms with Crippen molar-refractivity contribution in [3.63, 3.8) is 0 Å². The highest BCUT2D eigenvalue weighted by atomic mass is 32.1. The van der Waals surface area contributed by atoms with E-state index in [1.807, 2.05) is 0 Å². The Labute approximate surface area is 136 Å². The van der Waals surface area contributed by atoms with Crippen LogP contribution in [0.5, 0.6) is 0 Å². The summed E-state index contributed by atoms with van der Waals surface area (Å²) in [5.41, 5.74) is -0.222. The Morgan fingerprint density at radius 2 is 2.00 bits per heavy atom. The van der Waals surface area contributed by atoms with E-state index in [0.29, 0.717) is 11.0 Å². The summed E-state index contributed by atoms with van der Waals surface area (Å²) in [5, 5.41) is 6.40. The largest absolute Gasteiger partial charge is 0.317 e. The third kappa shape index (κ3) is 3.92. The third-order valence-electron chi connectivity index (χ3n) is 3.91.